The first kappa shape index (κ1) is 15.0. The van der Waals surface area contributed by atoms with Crippen LogP contribution < -0.4 is 16.2 Å². The van der Waals surface area contributed by atoms with Gasteiger partial charge in [0.2, 0.25) is 5.91 Å². The van der Waals surface area contributed by atoms with E-state index in [9.17, 15) is 9.59 Å². The van der Waals surface area contributed by atoms with Crippen molar-refractivity contribution in [3.05, 3.63) is 21.0 Å². The molecule has 1 aliphatic heterocycles. The molecule has 0 bridgehead atoms. The third-order valence-electron chi connectivity index (χ3n) is 3.72. The van der Waals surface area contributed by atoms with Crippen molar-refractivity contribution >= 4 is 27.5 Å². The van der Waals surface area contributed by atoms with Gasteiger partial charge in [-0.05, 0) is 41.1 Å². The number of halogens is 1. The summed E-state index contributed by atoms with van der Waals surface area (Å²) in [7, 11) is 1.63. The Morgan fingerprint density at radius 1 is 1.60 bits per heavy atom. The number of primary amides is 1. The van der Waals surface area contributed by atoms with E-state index in [1.54, 1.807) is 13.2 Å². The third kappa shape index (κ3) is 3.39. The largest absolute Gasteiger partial charge is 0.370 e. The maximum absolute atomic E-state index is 11.9. The average molecular weight is 343 g/mol. The highest BCUT2D eigenvalue weighted by Gasteiger charge is 2.23. The zero-order valence-electron chi connectivity index (χ0n) is 11.5. The van der Waals surface area contributed by atoms with E-state index in [0.717, 1.165) is 38.0 Å². The van der Waals surface area contributed by atoms with E-state index in [-0.39, 0.29) is 11.5 Å². The highest BCUT2D eigenvalue weighted by atomic mass is 79.9. The van der Waals surface area contributed by atoms with Crippen molar-refractivity contribution < 1.29 is 4.79 Å². The molecule has 0 radical (unpaired) electrons. The van der Waals surface area contributed by atoms with Gasteiger partial charge in [-0.2, -0.15) is 5.10 Å². The van der Waals surface area contributed by atoms with Crippen molar-refractivity contribution in [2.24, 2.45) is 18.7 Å². The van der Waals surface area contributed by atoms with Crippen molar-refractivity contribution in [2.75, 3.05) is 18.0 Å². The maximum atomic E-state index is 11.9. The molecule has 1 aliphatic rings. The predicted molar refractivity (Wildman–Crippen MR) is 80.5 cm³/mol. The molecular formula is C13H19BrN4O2. The molecule has 110 valence electrons. The van der Waals surface area contributed by atoms with Gasteiger partial charge in [-0.1, -0.05) is 0 Å². The predicted octanol–water partition coefficient (Wildman–Crippen LogP) is 1.02. The monoisotopic (exact) mass is 342 g/mol. The second-order valence-corrected chi connectivity index (χ2v) is 6.02. The summed E-state index contributed by atoms with van der Waals surface area (Å²) in [5, 5.41) is 4.07. The van der Waals surface area contributed by atoms with Crippen molar-refractivity contribution in [1.82, 2.24) is 9.78 Å². The number of carbonyl (C=O) groups is 1. The number of rotatable bonds is 4. The summed E-state index contributed by atoms with van der Waals surface area (Å²) in [6, 6.07) is 0. The minimum atomic E-state index is -0.251. The fourth-order valence-electron chi connectivity index (χ4n) is 2.59. The number of amides is 1. The van der Waals surface area contributed by atoms with Crippen LogP contribution in [0.2, 0.25) is 0 Å². The van der Waals surface area contributed by atoms with E-state index in [4.69, 9.17) is 5.73 Å². The van der Waals surface area contributed by atoms with Gasteiger partial charge in [-0.25, -0.2) is 4.68 Å². The topological polar surface area (TPSA) is 81.2 Å². The first-order valence-electron chi connectivity index (χ1n) is 6.74. The summed E-state index contributed by atoms with van der Waals surface area (Å²) in [6.07, 6.45) is 5.09. The Labute approximate surface area is 126 Å². The molecule has 1 atom stereocenters. The lowest BCUT2D eigenvalue weighted by molar-refractivity contribution is -0.118. The van der Waals surface area contributed by atoms with Crippen LogP contribution in [0.5, 0.6) is 0 Å². The molecule has 1 unspecified atom stereocenters. The molecule has 1 fully saturated rings. The minimum absolute atomic E-state index is 0.137. The number of hydrogen-bond donors (Lipinski definition) is 1. The lowest BCUT2D eigenvalue weighted by Crippen LogP contribution is -2.37. The Balaban J connectivity index is 2.11. The minimum Gasteiger partial charge on any atom is -0.370 e. The van der Waals surface area contributed by atoms with Crippen LogP contribution >= 0.6 is 15.9 Å². The van der Waals surface area contributed by atoms with Crippen molar-refractivity contribution in [2.45, 2.75) is 25.7 Å². The third-order valence-corrected chi connectivity index (χ3v) is 4.46. The van der Waals surface area contributed by atoms with Gasteiger partial charge in [-0.15, -0.1) is 0 Å². The van der Waals surface area contributed by atoms with Gasteiger partial charge in [-0.3, -0.25) is 9.59 Å². The molecule has 6 nitrogen and oxygen atoms in total. The van der Waals surface area contributed by atoms with Gasteiger partial charge in [0.05, 0.1) is 11.9 Å². The molecule has 0 saturated carbocycles. The van der Waals surface area contributed by atoms with Gasteiger partial charge in [0.1, 0.15) is 4.47 Å². The number of carbonyl (C=O) groups excluding carboxylic acids is 1. The average Bonchev–Trinajstić information content (AvgIpc) is 2.43. The van der Waals surface area contributed by atoms with Gasteiger partial charge >= 0.3 is 0 Å². The van der Waals surface area contributed by atoms with E-state index >= 15 is 0 Å². The number of nitrogens with two attached hydrogens (primary N) is 1. The lowest BCUT2D eigenvalue weighted by atomic mass is 9.93. The SMILES string of the molecule is Cn1ncc(N2CCCC(CCC(N)=O)C2)c(Br)c1=O. The summed E-state index contributed by atoms with van der Waals surface area (Å²) in [5.74, 6) is 0.186. The van der Waals surface area contributed by atoms with E-state index in [1.807, 2.05) is 0 Å². The maximum Gasteiger partial charge on any atom is 0.282 e. The van der Waals surface area contributed by atoms with Crippen LogP contribution in [0.4, 0.5) is 5.69 Å². The standard InChI is InChI=1S/C13H19BrN4O2/c1-17-13(20)12(14)10(7-16-17)18-6-2-3-9(8-18)4-5-11(15)19/h7,9H,2-6,8H2,1H3,(H2,15,19). The van der Waals surface area contributed by atoms with Crippen molar-refractivity contribution in [3.8, 4) is 0 Å². The van der Waals surface area contributed by atoms with Gasteiger partial charge in [0.25, 0.3) is 5.56 Å². The molecule has 1 aromatic heterocycles. The van der Waals surface area contributed by atoms with E-state index < -0.39 is 0 Å². The number of piperidine rings is 1. The van der Waals surface area contributed by atoms with Gasteiger partial charge < -0.3 is 10.6 Å². The Bertz CT molecular complexity index is 558. The summed E-state index contributed by atoms with van der Waals surface area (Å²) in [5.41, 5.74) is 5.90. The van der Waals surface area contributed by atoms with Crippen LogP contribution in [0, 0.1) is 5.92 Å². The second-order valence-electron chi connectivity index (χ2n) is 5.23. The molecule has 1 amide bonds. The Kier molecular flexibility index (Phi) is 4.80. The number of aryl methyl sites for hydroxylation is 1. The molecule has 7 heteroatoms. The fourth-order valence-corrected chi connectivity index (χ4v) is 3.20. The van der Waals surface area contributed by atoms with Crippen LogP contribution in [-0.4, -0.2) is 28.8 Å². The Hall–Kier alpha value is -1.37. The van der Waals surface area contributed by atoms with Crippen LogP contribution in [0.1, 0.15) is 25.7 Å². The first-order chi connectivity index (χ1) is 9.49. The fraction of sp³-hybridized carbons (Fsp3) is 0.615. The number of nitrogens with zero attached hydrogens (tertiary/aromatic N) is 3. The molecule has 2 N–H and O–H groups in total. The number of aromatic nitrogens is 2. The number of anilines is 1. The van der Waals surface area contributed by atoms with Gasteiger partial charge in [0, 0.05) is 26.6 Å². The molecule has 2 rings (SSSR count). The zero-order valence-corrected chi connectivity index (χ0v) is 13.1. The number of hydrogen-bond acceptors (Lipinski definition) is 4. The van der Waals surface area contributed by atoms with Crippen molar-refractivity contribution in [1.29, 1.82) is 0 Å². The summed E-state index contributed by atoms with van der Waals surface area (Å²) in [4.78, 5) is 24.9. The highest BCUT2D eigenvalue weighted by Crippen LogP contribution is 2.28. The van der Waals surface area contributed by atoms with Crippen LogP contribution in [0.15, 0.2) is 15.5 Å². The molecule has 1 aromatic rings. The second kappa shape index (κ2) is 6.39. The Morgan fingerprint density at radius 2 is 2.35 bits per heavy atom. The highest BCUT2D eigenvalue weighted by molar-refractivity contribution is 9.10. The molecule has 2 heterocycles. The van der Waals surface area contributed by atoms with Crippen LogP contribution in [0.3, 0.4) is 0 Å². The quantitative estimate of drug-likeness (QED) is 0.885. The summed E-state index contributed by atoms with van der Waals surface area (Å²) in [6.45, 7) is 1.74. The zero-order chi connectivity index (χ0) is 14.7. The molecular weight excluding hydrogens is 324 g/mol. The first-order valence-corrected chi connectivity index (χ1v) is 7.53. The van der Waals surface area contributed by atoms with Crippen molar-refractivity contribution in [3.63, 3.8) is 0 Å². The molecule has 20 heavy (non-hydrogen) atoms. The van der Waals surface area contributed by atoms with E-state index in [0.29, 0.717) is 16.8 Å². The Morgan fingerprint density at radius 3 is 3.05 bits per heavy atom. The van der Waals surface area contributed by atoms with E-state index in [1.165, 1.54) is 4.68 Å². The molecule has 0 spiro atoms. The van der Waals surface area contributed by atoms with Crippen LogP contribution in [-0.2, 0) is 11.8 Å². The summed E-state index contributed by atoms with van der Waals surface area (Å²) >= 11 is 3.36. The normalized spacial score (nSPS) is 19.1. The smallest absolute Gasteiger partial charge is 0.282 e. The molecule has 1 saturated heterocycles. The van der Waals surface area contributed by atoms with Gasteiger partial charge in [0.15, 0.2) is 0 Å². The van der Waals surface area contributed by atoms with Crippen LogP contribution in [0.25, 0.3) is 0 Å². The summed E-state index contributed by atoms with van der Waals surface area (Å²) < 4.78 is 1.85. The van der Waals surface area contributed by atoms with E-state index in [2.05, 4.69) is 25.9 Å². The lowest BCUT2D eigenvalue weighted by Gasteiger charge is -2.34. The molecule has 0 aliphatic carbocycles. The molecule has 0 aromatic carbocycles.